The first-order chi connectivity index (χ1) is 14.4. The van der Waals surface area contributed by atoms with E-state index >= 15 is 0 Å². The van der Waals surface area contributed by atoms with Gasteiger partial charge in [-0.1, -0.05) is 30.3 Å². The second-order valence-corrected chi connectivity index (χ2v) is 12.2. The van der Waals surface area contributed by atoms with Crippen LogP contribution in [-0.2, 0) is 40.5 Å². The van der Waals surface area contributed by atoms with Gasteiger partial charge in [-0.15, -0.1) is 0 Å². The molecule has 0 fully saturated rings. The van der Waals surface area contributed by atoms with Crippen LogP contribution in [0.3, 0.4) is 0 Å². The third kappa shape index (κ3) is 4.14. The molecule has 0 bridgehead atoms. The van der Waals surface area contributed by atoms with E-state index in [0.29, 0.717) is 5.39 Å². The zero-order chi connectivity index (χ0) is 24.0. The normalized spacial score (nSPS) is 13.6. The zero-order valence-corrected chi connectivity index (χ0v) is 21.4. The molecule has 0 aliphatic carbocycles. The minimum atomic E-state index is -5.84. The molecular formula is C16H11NaO12S4. The third-order valence-electron chi connectivity index (χ3n) is 4.80. The van der Waals surface area contributed by atoms with Crippen molar-refractivity contribution >= 4 is 72.8 Å². The molecule has 17 heteroatoms. The Hall–Kier alpha value is -1.44. The van der Waals surface area contributed by atoms with Crippen molar-refractivity contribution in [2.45, 2.75) is 19.6 Å². The Morgan fingerprint density at radius 2 is 1.06 bits per heavy atom. The zero-order valence-electron chi connectivity index (χ0n) is 17.2. The maximum absolute atomic E-state index is 12.2. The van der Waals surface area contributed by atoms with E-state index in [4.69, 9.17) is 0 Å². The van der Waals surface area contributed by atoms with Crippen molar-refractivity contribution in [3.05, 3.63) is 36.4 Å². The molecular weight excluding hydrogens is 535 g/mol. The summed E-state index contributed by atoms with van der Waals surface area (Å²) in [6, 6.07) is 7.29. The van der Waals surface area contributed by atoms with Crippen LogP contribution < -0.4 is 29.6 Å². The minimum absolute atomic E-state index is 0. The number of benzene rings is 4. The average Bonchev–Trinajstić information content (AvgIpc) is 2.61. The summed E-state index contributed by atoms with van der Waals surface area (Å²) in [6.07, 6.45) is 0. The van der Waals surface area contributed by atoms with Crippen molar-refractivity contribution in [1.82, 2.24) is 0 Å². The molecule has 0 saturated carbocycles. The van der Waals surface area contributed by atoms with Crippen LogP contribution in [-0.4, -0.2) is 51.9 Å². The van der Waals surface area contributed by atoms with E-state index in [-0.39, 0.29) is 41.8 Å². The van der Waals surface area contributed by atoms with Gasteiger partial charge in [0.05, 0.1) is 0 Å². The Kier molecular flexibility index (Phi) is 6.18. The van der Waals surface area contributed by atoms with Crippen LogP contribution >= 0.6 is 0 Å². The van der Waals surface area contributed by atoms with Gasteiger partial charge in [-0.05, 0) is 22.2 Å². The molecule has 172 valence electrons. The first-order valence-corrected chi connectivity index (χ1v) is 13.9. The van der Waals surface area contributed by atoms with Gasteiger partial charge in [0.15, 0.2) is 0 Å². The molecule has 0 saturated heterocycles. The van der Waals surface area contributed by atoms with Gasteiger partial charge in [-0.2, -0.15) is 33.7 Å². The summed E-state index contributed by atoms with van der Waals surface area (Å²) in [5.41, 5.74) is 0. The molecule has 0 spiro atoms. The minimum Gasteiger partial charge on any atom is -1.00 e. The average molecular weight is 547 g/mol. The number of hydrogen-bond acceptors (Lipinski definition) is 8. The van der Waals surface area contributed by atoms with Gasteiger partial charge >= 0.3 is 29.6 Å². The molecule has 0 aliphatic heterocycles. The summed E-state index contributed by atoms with van der Waals surface area (Å²) >= 11 is 0. The molecule has 4 aromatic carbocycles. The second kappa shape index (κ2) is 7.79. The predicted molar refractivity (Wildman–Crippen MR) is 111 cm³/mol. The monoisotopic (exact) mass is 546 g/mol. The summed E-state index contributed by atoms with van der Waals surface area (Å²) in [7, 11) is -22.5. The smallest absolute Gasteiger partial charge is 1.00 e. The van der Waals surface area contributed by atoms with Crippen LogP contribution in [0.4, 0.5) is 0 Å². The van der Waals surface area contributed by atoms with Crippen molar-refractivity contribution in [2.24, 2.45) is 0 Å². The molecule has 0 atom stereocenters. The standard InChI is InChI=1S/C16H10O12S4.Na.H/c17-29(18,19)10-6-8-3-1-2-7-4-5-9-12(11(7)8)13(10)15(31(23,24)25)16(32(26,27)28)14(9)30(20,21)22;;/h1-6H,(H,17,18,19)(H,20,21,22)(H,23,24,25)(H,26,27,28);;/q;+1;-1. The predicted octanol–water partition coefficient (Wildman–Crippen LogP) is -1.31. The van der Waals surface area contributed by atoms with Gasteiger partial charge in [0, 0.05) is 16.2 Å². The van der Waals surface area contributed by atoms with E-state index in [1.54, 1.807) is 0 Å². The molecule has 4 aromatic rings. The number of rotatable bonds is 4. The molecule has 0 radical (unpaired) electrons. The van der Waals surface area contributed by atoms with E-state index in [1.807, 2.05) is 0 Å². The van der Waals surface area contributed by atoms with E-state index in [9.17, 15) is 51.9 Å². The van der Waals surface area contributed by atoms with Crippen LogP contribution in [0, 0.1) is 0 Å². The van der Waals surface area contributed by atoms with Gasteiger partial charge in [-0.3, -0.25) is 18.2 Å². The Morgan fingerprint density at radius 3 is 1.55 bits per heavy atom. The molecule has 0 aromatic heterocycles. The van der Waals surface area contributed by atoms with Crippen molar-refractivity contribution in [3.8, 4) is 0 Å². The van der Waals surface area contributed by atoms with Gasteiger partial charge in [-0.25, -0.2) is 0 Å². The molecule has 0 aliphatic rings. The molecule has 4 N–H and O–H groups in total. The van der Waals surface area contributed by atoms with Crippen LogP contribution in [0.15, 0.2) is 56.0 Å². The molecule has 33 heavy (non-hydrogen) atoms. The fourth-order valence-electron chi connectivity index (χ4n) is 3.82. The van der Waals surface area contributed by atoms with Crippen molar-refractivity contribution in [2.75, 3.05) is 0 Å². The SMILES string of the molecule is O=S(=O)(O)c1c(S(=O)(=O)O)c2ccc3cccc4cc(S(=O)(=O)O)c(c1S(=O)(=O)O)c2c34.[H-].[Na+]. The Bertz CT molecular complexity index is 1920. The van der Waals surface area contributed by atoms with E-state index in [2.05, 4.69) is 0 Å². The Balaban J connectivity index is 0.00000204. The summed E-state index contributed by atoms with van der Waals surface area (Å²) in [5, 5.41) is -1.88. The van der Waals surface area contributed by atoms with E-state index in [0.717, 1.165) is 12.1 Å². The van der Waals surface area contributed by atoms with Gasteiger partial charge in [0.2, 0.25) is 0 Å². The maximum atomic E-state index is 12.2. The van der Waals surface area contributed by atoms with Crippen molar-refractivity contribution in [3.63, 3.8) is 0 Å². The van der Waals surface area contributed by atoms with Crippen molar-refractivity contribution in [1.29, 1.82) is 0 Å². The molecule has 0 heterocycles. The Morgan fingerprint density at radius 1 is 0.545 bits per heavy atom. The third-order valence-corrected chi connectivity index (χ3v) is 8.72. The number of hydrogen-bond donors (Lipinski definition) is 4. The summed E-state index contributed by atoms with van der Waals surface area (Å²) in [5.74, 6) is 0. The first-order valence-electron chi connectivity index (χ1n) is 8.11. The van der Waals surface area contributed by atoms with Gasteiger partial charge in [0.25, 0.3) is 40.5 Å². The second-order valence-electron chi connectivity index (χ2n) is 6.70. The van der Waals surface area contributed by atoms with Gasteiger partial charge < -0.3 is 1.43 Å². The van der Waals surface area contributed by atoms with Crippen LogP contribution in [0.2, 0.25) is 0 Å². The van der Waals surface area contributed by atoms with E-state index < -0.39 is 76.2 Å². The molecule has 12 nitrogen and oxygen atoms in total. The largest absolute Gasteiger partial charge is 1.00 e. The van der Waals surface area contributed by atoms with Crippen molar-refractivity contribution < 1.29 is 82.9 Å². The molecule has 4 rings (SSSR count). The first kappa shape index (κ1) is 26.2. The van der Waals surface area contributed by atoms with Gasteiger partial charge in [0.1, 0.15) is 19.6 Å². The molecule has 0 unspecified atom stereocenters. The summed E-state index contributed by atoms with van der Waals surface area (Å²) < 4.78 is 136. The fourth-order valence-corrected chi connectivity index (χ4v) is 8.22. The topological polar surface area (TPSA) is 217 Å². The maximum Gasteiger partial charge on any atom is 1.00 e. The summed E-state index contributed by atoms with van der Waals surface area (Å²) in [6.45, 7) is 0. The van der Waals surface area contributed by atoms with Crippen LogP contribution in [0.25, 0.3) is 32.3 Å². The van der Waals surface area contributed by atoms with E-state index in [1.165, 1.54) is 24.3 Å². The summed E-state index contributed by atoms with van der Waals surface area (Å²) in [4.78, 5) is -6.60. The van der Waals surface area contributed by atoms with Crippen LogP contribution in [0.5, 0.6) is 0 Å². The Labute approximate surface area is 210 Å². The van der Waals surface area contributed by atoms with Crippen LogP contribution in [0.1, 0.15) is 1.43 Å². The quantitative estimate of drug-likeness (QED) is 0.133. The molecule has 0 amide bonds. The fraction of sp³-hybridized carbons (Fsp3) is 0.